The van der Waals surface area contributed by atoms with Crippen molar-refractivity contribution in [2.24, 2.45) is 5.41 Å². The van der Waals surface area contributed by atoms with Gasteiger partial charge in [0.25, 0.3) is 0 Å². The highest BCUT2D eigenvalue weighted by Gasteiger charge is 2.41. The van der Waals surface area contributed by atoms with Crippen molar-refractivity contribution < 1.29 is 4.79 Å². The van der Waals surface area contributed by atoms with E-state index >= 15 is 0 Å². The van der Waals surface area contributed by atoms with Crippen LogP contribution in [0.5, 0.6) is 0 Å². The molecule has 1 aliphatic carbocycles. The Morgan fingerprint density at radius 3 is 2.53 bits per heavy atom. The number of anilines is 1. The molecule has 1 aliphatic rings. The van der Waals surface area contributed by atoms with Crippen LogP contribution < -0.4 is 10.2 Å². The highest BCUT2D eigenvalue weighted by atomic mass is 16.2. The van der Waals surface area contributed by atoms with E-state index in [0.717, 1.165) is 40.6 Å². The van der Waals surface area contributed by atoms with Gasteiger partial charge in [-0.05, 0) is 42.2 Å². The third kappa shape index (κ3) is 3.66. The minimum absolute atomic E-state index is 0.00143. The van der Waals surface area contributed by atoms with E-state index in [2.05, 4.69) is 57.7 Å². The molecule has 0 saturated heterocycles. The number of carbonyl (C=O) groups is 1. The second-order valence-electron chi connectivity index (χ2n) is 8.44. The lowest BCUT2D eigenvalue weighted by atomic mass is 9.86. The van der Waals surface area contributed by atoms with E-state index in [9.17, 15) is 10.1 Å². The SMILES string of the molecule is CN(C)c1ccc(C(CNC(=O)C2(C#N)CCCC2)c2c[nH]c3ccccc23)cc1. The molecule has 1 heterocycles. The van der Waals surface area contributed by atoms with Gasteiger partial charge in [0, 0.05) is 49.3 Å². The molecule has 0 spiro atoms. The van der Waals surface area contributed by atoms with Crippen LogP contribution >= 0.6 is 0 Å². The molecule has 1 atom stereocenters. The summed E-state index contributed by atoms with van der Waals surface area (Å²) in [4.78, 5) is 18.4. The van der Waals surface area contributed by atoms with Crippen LogP contribution in [0.3, 0.4) is 0 Å². The first-order valence-corrected chi connectivity index (χ1v) is 10.6. The number of amides is 1. The van der Waals surface area contributed by atoms with Crippen molar-refractivity contribution >= 4 is 22.5 Å². The number of aromatic nitrogens is 1. The molecule has 4 rings (SSSR count). The van der Waals surface area contributed by atoms with Gasteiger partial charge in [-0.1, -0.05) is 43.2 Å². The standard InChI is InChI=1S/C25H28N4O/c1-29(2)19-11-9-18(10-12-19)21(22-16-27-23-8-4-3-7-20(22)23)15-28-24(30)25(17-26)13-5-6-14-25/h3-4,7-12,16,21,27H,5-6,13-15H2,1-2H3,(H,28,30). The highest BCUT2D eigenvalue weighted by Crippen LogP contribution is 2.38. The molecule has 1 aromatic heterocycles. The second kappa shape index (κ2) is 8.23. The molecule has 3 aromatic rings. The summed E-state index contributed by atoms with van der Waals surface area (Å²) in [7, 11) is 4.05. The zero-order valence-corrected chi connectivity index (χ0v) is 17.6. The second-order valence-corrected chi connectivity index (χ2v) is 8.44. The summed E-state index contributed by atoms with van der Waals surface area (Å²) in [5.41, 5.74) is 3.65. The van der Waals surface area contributed by atoms with Crippen molar-refractivity contribution in [3.8, 4) is 6.07 Å². The quantitative estimate of drug-likeness (QED) is 0.637. The molecule has 5 heteroatoms. The van der Waals surface area contributed by atoms with Gasteiger partial charge in [0.05, 0.1) is 6.07 Å². The number of carbonyl (C=O) groups excluding carboxylic acids is 1. The minimum Gasteiger partial charge on any atom is -0.378 e. The topological polar surface area (TPSA) is 71.9 Å². The lowest BCUT2D eigenvalue weighted by molar-refractivity contribution is -0.127. The van der Waals surface area contributed by atoms with Gasteiger partial charge >= 0.3 is 0 Å². The Bertz CT molecular complexity index is 1070. The van der Waals surface area contributed by atoms with Crippen molar-refractivity contribution in [1.82, 2.24) is 10.3 Å². The van der Waals surface area contributed by atoms with Gasteiger partial charge in [0.2, 0.25) is 5.91 Å². The fourth-order valence-electron chi connectivity index (χ4n) is 4.53. The maximum atomic E-state index is 13.0. The number of nitriles is 1. The maximum absolute atomic E-state index is 13.0. The molecule has 1 amide bonds. The van der Waals surface area contributed by atoms with Gasteiger partial charge in [-0.2, -0.15) is 5.26 Å². The van der Waals surface area contributed by atoms with Gasteiger partial charge in [0.15, 0.2) is 0 Å². The zero-order chi connectivity index (χ0) is 21.1. The Balaban J connectivity index is 1.65. The predicted molar refractivity (Wildman–Crippen MR) is 120 cm³/mol. The Morgan fingerprint density at radius 1 is 1.17 bits per heavy atom. The van der Waals surface area contributed by atoms with Crippen LogP contribution in [-0.2, 0) is 4.79 Å². The van der Waals surface area contributed by atoms with E-state index in [1.165, 1.54) is 0 Å². The van der Waals surface area contributed by atoms with Crippen LogP contribution in [0, 0.1) is 16.7 Å². The molecule has 5 nitrogen and oxygen atoms in total. The van der Waals surface area contributed by atoms with Gasteiger partial charge in [-0.3, -0.25) is 4.79 Å². The largest absolute Gasteiger partial charge is 0.378 e. The van der Waals surface area contributed by atoms with Gasteiger partial charge in [-0.15, -0.1) is 0 Å². The van der Waals surface area contributed by atoms with Crippen LogP contribution in [-0.4, -0.2) is 31.5 Å². The number of rotatable bonds is 6. The highest BCUT2D eigenvalue weighted by molar-refractivity contribution is 5.87. The average Bonchev–Trinajstić information content (AvgIpc) is 3.42. The number of hydrogen-bond acceptors (Lipinski definition) is 3. The fourth-order valence-corrected chi connectivity index (χ4v) is 4.53. The van der Waals surface area contributed by atoms with Gasteiger partial charge in [0.1, 0.15) is 5.41 Å². The summed E-state index contributed by atoms with van der Waals surface area (Å²) in [6.07, 6.45) is 5.24. The van der Waals surface area contributed by atoms with E-state index < -0.39 is 5.41 Å². The maximum Gasteiger partial charge on any atom is 0.240 e. The fraction of sp³-hybridized carbons (Fsp3) is 0.360. The summed E-state index contributed by atoms with van der Waals surface area (Å²) in [5, 5.41) is 13.9. The number of nitrogens with zero attached hydrogens (tertiary/aromatic N) is 2. The van der Waals surface area contributed by atoms with Crippen LogP contribution in [0.2, 0.25) is 0 Å². The van der Waals surface area contributed by atoms with Crippen molar-refractivity contribution in [3.63, 3.8) is 0 Å². The normalized spacial score (nSPS) is 16.2. The zero-order valence-electron chi connectivity index (χ0n) is 17.6. The summed E-state index contributed by atoms with van der Waals surface area (Å²) < 4.78 is 0. The van der Waals surface area contributed by atoms with Crippen LogP contribution in [0.4, 0.5) is 5.69 Å². The number of para-hydroxylation sites is 1. The lowest BCUT2D eigenvalue weighted by Crippen LogP contribution is -2.40. The van der Waals surface area contributed by atoms with Crippen molar-refractivity contribution in [2.75, 3.05) is 25.5 Å². The van der Waals surface area contributed by atoms with E-state index in [1.54, 1.807) is 0 Å². The molecule has 2 N–H and O–H groups in total. The minimum atomic E-state index is -0.862. The number of nitrogens with one attached hydrogen (secondary N) is 2. The smallest absolute Gasteiger partial charge is 0.240 e. The van der Waals surface area contributed by atoms with Gasteiger partial charge < -0.3 is 15.2 Å². The van der Waals surface area contributed by atoms with Crippen LogP contribution in [0.15, 0.2) is 54.7 Å². The first-order valence-electron chi connectivity index (χ1n) is 10.6. The monoisotopic (exact) mass is 400 g/mol. The molecule has 1 fully saturated rings. The number of fused-ring (bicyclic) bond motifs is 1. The van der Waals surface area contributed by atoms with Crippen LogP contribution in [0.1, 0.15) is 42.7 Å². The first-order chi connectivity index (χ1) is 14.5. The molecular formula is C25H28N4O. The Labute approximate surface area is 177 Å². The molecule has 0 radical (unpaired) electrons. The average molecular weight is 401 g/mol. The lowest BCUT2D eigenvalue weighted by Gasteiger charge is -2.23. The molecule has 1 saturated carbocycles. The first kappa shape index (κ1) is 20.0. The predicted octanol–water partition coefficient (Wildman–Crippen LogP) is 4.57. The summed E-state index contributed by atoms with van der Waals surface area (Å²) in [5.74, 6) is -0.129. The summed E-state index contributed by atoms with van der Waals surface area (Å²) in [6, 6.07) is 19.0. The number of aromatic amines is 1. The molecule has 154 valence electrons. The van der Waals surface area contributed by atoms with Crippen LogP contribution in [0.25, 0.3) is 10.9 Å². The van der Waals surface area contributed by atoms with Crippen molar-refractivity contribution in [1.29, 1.82) is 5.26 Å². The van der Waals surface area contributed by atoms with E-state index in [-0.39, 0.29) is 11.8 Å². The Morgan fingerprint density at radius 2 is 1.87 bits per heavy atom. The molecule has 0 aliphatic heterocycles. The van der Waals surface area contributed by atoms with E-state index in [4.69, 9.17) is 0 Å². The van der Waals surface area contributed by atoms with Crippen molar-refractivity contribution in [2.45, 2.75) is 31.6 Å². The Hall–Kier alpha value is -3.26. The molecular weight excluding hydrogens is 372 g/mol. The summed E-state index contributed by atoms with van der Waals surface area (Å²) >= 11 is 0. The Kier molecular flexibility index (Phi) is 5.50. The van der Waals surface area contributed by atoms with E-state index in [1.807, 2.05) is 32.4 Å². The number of H-pyrrole nitrogens is 1. The third-order valence-corrected chi connectivity index (χ3v) is 6.38. The molecule has 1 unspecified atom stereocenters. The summed E-state index contributed by atoms with van der Waals surface area (Å²) in [6.45, 7) is 0.464. The third-order valence-electron chi connectivity index (χ3n) is 6.38. The van der Waals surface area contributed by atoms with E-state index in [0.29, 0.717) is 19.4 Å². The van der Waals surface area contributed by atoms with Gasteiger partial charge in [-0.25, -0.2) is 0 Å². The molecule has 0 bridgehead atoms. The number of benzene rings is 2. The molecule has 30 heavy (non-hydrogen) atoms. The molecule has 2 aromatic carbocycles. The number of hydrogen-bond donors (Lipinski definition) is 2. The van der Waals surface area contributed by atoms with Crippen molar-refractivity contribution in [3.05, 3.63) is 65.9 Å².